The molecule has 1 aromatic rings. The Morgan fingerprint density at radius 1 is 1.16 bits per heavy atom. The summed E-state index contributed by atoms with van der Waals surface area (Å²) in [6.07, 6.45) is 3.23. The maximum atomic E-state index is 13.1. The maximum absolute atomic E-state index is 13.1. The van der Waals surface area contributed by atoms with Gasteiger partial charge < -0.3 is 9.64 Å². The molecule has 3 unspecified atom stereocenters. The molecule has 0 spiro atoms. The molecule has 25 heavy (non-hydrogen) atoms. The Bertz CT molecular complexity index is 600. The van der Waals surface area contributed by atoms with Gasteiger partial charge in [0.1, 0.15) is 5.82 Å². The first-order valence-corrected chi connectivity index (χ1v) is 9.55. The normalized spacial score (nSPS) is 30.3. The van der Waals surface area contributed by atoms with Crippen LogP contribution in [0.5, 0.6) is 0 Å². The van der Waals surface area contributed by atoms with E-state index in [1.54, 1.807) is 0 Å². The zero-order valence-corrected chi connectivity index (χ0v) is 14.7. The van der Waals surface area contributed by atoms with Crippen molar-refractivity contribution < 1.29 is 13.9 Å². The van der Waals surface area contributed by atoms with Gasteiger partial charge in [0.15, 0.2) is 0 Å². The van der Waals surface area contributed by atoms with Crippen LogP contribution in [0.1, 0.15) is 30.7 Å². The molecule has 4 nitrogen and oxygen atoms in total. The Labute approximate surface area is 148 Å². The summed E-state index contributed by atoms with van der Waals surface area (Å²) in [6.45, 7) is 6.56. The van der Waals surface area contributed by atoms with Gasteiger partial charge in [-0.15, -0.1) is 0 Å². The van der Waals surface area contributed by atoms with E-state index in [0.717, 1.165) is 64.3 Å². The van der Waals surface area contributed by atoms with Crippen LogP contribution in [0.2, 0.25) is 0 Å². The molecule has 4 rings (SSSR count). The number of hydrogen-bond acceptors (Lipinski definition) is 3. The SMILES string of the molecule is O=C(C1CC1c1ccc(F)cc1)N1CCCC(CN2CCOCC2)C1. The van der Waals surface area contributed by atoms with Crippen molar-refractivity contribution in [2.24, 2.45) is 11.8 Å². The molecule has 1 aliphatic carbocycles. The molecule has 0 aromatic heterocycles. The van der Waals surface area contributed by atoms with Crippen LogP contribution < -0.4 is 0 Å². The molecule has 1 amide bonds. The first-order chi connectivity index (χ1) is 12.2. The lowest BCUT2D eigenvalue weighted by molar-refractivity contribution is -0.134. The van der Waals surface area contributed by atoms with Gasteiger partial charge in [-0.25, -0.2) is 4.39 Å². The number of piperidine rings is 1. The van der Waals surface area contributed by atoms with Crippen LogP contribution in [0.15, 0.2) is 24.3 Å². The number of amides is 1. The van der Waals surface area contributed by atoms with Crippen molar-refractivity contribution in [1.29, 1.82) is 0 Å². The van der Waals surface area contributed by atoms with Gasteiger partial charge in [-0.2, -0.15) is 0 Å². The summed E-state index contributed by atoms with van der Waals surface area (Å²) in [4.78, 5) is 17.4. The Morgan fingerprint density at radius 3 is 2.68 bits per heavy atom. The molecule has 0 bridgehead atoms. The number of benzene rings is 1. The molecule has 1 saturated carbocycles. The van der Waals surface area contributed by atoms with E-state index >= 15 is 0 Å². The molecule has 3 fully saturated rings. The van der Waals surface area contributed by atoms with E-state index in [2.05, 4.69) is 9.80 Å². The minimum atomic E-state index is -0.214. The molecule has 3 atom stereocenters. The number of nitrogens with zero attached hydrogens (tertiary/aromatic N) is 2. The van der Waals surface area contributed by atoms with Crippen molar-refractivity contribution in [3.05, 3.63) is 35.6 Å². The van der Waals surface area contributed by atoms with Gasteiger partial charge in [-0.1, -0.05) is 12.1 Å². The fourth-order valence-electron chi connectivity index (χ4n) is 4.34. The molecular formula is C20H27FN2O2. The van der Waals surface area contributed by atoms with E-state index in [0.29, 0.717) is 11.8 Å². The highest BCUT2D eigenvalue weighted by Gasteiger charge is 2.46. The third-order valence-electron chi connectivity index (χ3n) is 5.86. The summed E-state index contributed by atoms with van der Waals surface area (Å²) in [6, 6.07) is 6.64. The van der Waals surface area contributed by atoms with Gasteiger partial charge in [-0.3, -0.25) is 9.69 Å². The number of hydrogen-bond donors (Lipinski definition) is 0. The van der Waals surface area contributed by atoms with Crippen LogP contribution >= 0.6 is 0 Å². The fourth-order valence-corrected chi connectivity index (χ4v) is 4.34. The Balaban J connectivity index is 1.30. The van der Waals surface area contributed by atoms with E-state index in [-0.39, 0.29) is 17.7 Å². The third-order valence-corrected chi connectivity index (χ3v) is 5.86. The van der Waals surface area contributed by atoms with Gasteiger partial charge in [0.05, 0.1) is 13.2 Å². The van der Waals surface area contributed by atoms with Crippen molar-refractivity contribution in [3.8, 4) is 0 Å². The van der Waals surface area contributed by atoms with Crippen LogP contribution in [-0.2, 0) is 9.53 Å². The highest BCUT2D eigenvalue weighted by molar-refractivity contribution is 5.83. The molecule has 136 valence electrons. The highest BCUT2D eigenvalue weighted by Crippen LogP contribution is 2.48. The number of morpholine rings is 1. The van der Waals surface area contributed by atoms with Crippen LogP contribution in [0.4, 0.5) is 4.39 Å². The quantitative estimate of drug-likeness (QED) is 0.840. The van der Waals surface area contributed by atoms with Gasteiger partial charge >= 0.3 is 0 Å². The summed E-state index contributed by atoms with van der Waals surface area (Å²) in [5, 5.41) is 0. The van der Waals surface area contributed by atoms with Gasteiger partial charge in [0.2, 0.25) is 5.91 Å². The Kier molecular flexibility index (Phi) is 5.04. The molecule has 0 N–H and O–H groups in total. The molecule has 1 aromatic carbocycles. The standard InChI is InChI=1S/C20H27FN2O2/c21-17-5-3-16(4-6-17)18-12-19(18)20(24)23-7-1-2-15(14-23)13-22-8-10-25-11-9-22/h3-6,15,18-19H,1-2,7-14H2. The first kappa shape index (κ1) is 17.0. The highest BCUT2D eigenvalue weighted by atomic mass is 19.1. The average molecular weight is 346 g/mol. The number of likely N-dealkylation sites (tertiary alicyclic amines) is 1. The topological polar surface area (TPSA) is 32.8 Å². The predicted octanol–water partition coefficient (Wildman–Crippen LogP) is 2.50. The molecule has 3 aliphatic rings. The molecule has 0 radical (unpaired) electrons. The van der Waals surface area contributed by atoms with Crippen molar-refractivity contribution >= 4 is 5.91 Å². The largest absolute Gasteiger partial charge is 0.379 e. The Morgan fingerprint density at radius 2 is 1.92 bits per heavy atom. The van der Waals surface area contributed by atoms with E-state index in [4.69, 9.17) is 4.74 Å². The van der Waals surface area contributed by atoms with E-state index in [9.17, 15) is 9.18 Å². The van der Waals surface area contributed by atoms with Crippen LogP contribution in [0.3, 0.4) is 0 Å². The van der Waals surface area contributed by atoms with Crippen LogP contribution in [0.25, 0.3) is 0 Å². The maximum Gasteiger partial charge on any atom is 0.226 e. The zero-order valence-electron chi connectivity index (χ0n) is 14.7. The van der Waals surface area contributed by atoms with Gasteiger partial charge in [0.25, 0.3) is 0 Å². The molecule has 2 aliphatic heterocycles. The van der Waals surface area contributed by atoms with Crippen molar-refractivity contribution in [2.45, 2.75) is 25.2 Å². The van der Waals surface area contributed by atoms with Gasteiger partial charge in [-0.05, 0) is 48.8 Å². The zero-order chi connectivity index (χ0) is 17.2. The van der Waals surface area contributed by atoms with Crippen LogP contribution in [0, 0.1) is 17.7 Å². The lowest BCUT2D eigenvalue weighted by Crippen LogP contribution is -2.46. The van der Waals surface area contributed by atoms with E-state index in [1.807, 2.05) is 12.1 Å². The smallest absolute Gasteiger partial charge is 0.226 e. The molecule has 2 heterocycles. The predicted molar refractivity (Wildman–Crippen MR) is 93.8 cm³/mol. The lowest BCUT2D eigenvalue weighted by Gasteiger charge is -2.37. The summed E-state index contributed by atoms with van der Waals surface area (Å²) in [5.41, 5.74) is 1.10. The number of carbonyl (C=O) groups is 1. The number of carbonyl (C=O) groups excluding carboxylic acids is 1. The minimum Gasteiger partial charge on any atom is -0.379 e. The number of ether oxygens (including phenoxy) is 1. The van der Waals surface area contributed by atoms with E-state index in [1.165, 1.54) is 18.6 Å². The van der Waals surface area contributed by atoms with Crippen molar-refractivity contribution in [3.63, 3.8) is 0 Å². The minimum absolute atomic E-state index is 0.104. The second kappa shape index (κ2) is 7.42. The summed E-state index contributed by atoms with van der Waals surface area (Å²) < 4.78 is 18.5. The summed E-state index contributed by atoms with van der Waals surface area (Å²) in [7, 11) is 0. The Hall–Kier alpha value is -1.46. The number of halogens is 1. The first-order valence-electron chi connectivity index (χ1n) is 9.55. The molecule has 5 heteroatoms. The summed E-state index contributed by atoms with van der Waals surface area (Å²) >= 11 is 0. The van der Waals surface area contributed by atoms with Gasteiger partial charge in [0, 0.05) is 38.6 Å². The summed E-state index contributed by atoms with van der Waals surface area (Å²) in [5.74, 6) is 1.06. The van der Waals surface area contributed by atoms with Crippen molar-refractivity contribution in [2.75, 3.05) is 45.9 Å². The second-order valence-electron chi connectivity index (χ2n) is 7.71. The second-order valence-corrected chi connectivity index (χ2v) is 7.71. The third kappa shape index (κ3) is 4.04. The van der Waals surface area contributed by atoms with Crippen LogP contribution in [-0.4, -0.2) is 61.6 Å². The number of rotatable bonds is 4. The van der Waals surface area contributed by atoms with E-state index < -0.39 is 0 Å². The average Bonchev–Trinajstić information content (AvgIpc) is 3.43. The monoisotopic (exact) mass is 346 g/mol. The molecular weight excluding hydrogens is 319 g/mol. The van der Waals surface area contributed by atoms with Crippen molar-refractivity contribution in [1.82, 2.24) is 9.80 Å². The lowest BCUT2D eigenvalue weighted by atomic mass is 9.96. The fraction of sp³-hybridized carbons (Fsp3) is 0.650. The molecule has 2 saturated heterocycles.